The Morgan fingerprint density at radius 1 is 1.35 bits per heavy atom. The highest BCUT2D eigenvalue weighted by Gasteiger charge is 2.32. The number of anilines is 1. The van der Waals surface area contributed by atoms with Crippen molar-refractivity contribution >= 4 is 57.7 Å². The van der Waals surface area contributed by atoms with Crippen molar-refractivity contribution in [3.05, 3.63) is 46.9 Å². The molecule has 0 fully saturated rings. The summed E-state index contributed by atoms with van der Waals surface area (Å²) in [7, 11) is 0. The molecule has 0 radical (unpaired) electrons. The summed E-state index contributed by atoms with van der Waals surface area (Å²) in [6.07, 6.45) is 0. The van der Waals surface area contributed by atoms with Crippen LogP contribution in [0, 0.1) is 0 Å². The molecule has 2 rings (SSSR count). The Bertz CT molecular complexity index is 563. The van der Waals surface area contributed by atoms with Crippen molar-refractivity contribution in [1.82, 2.24) is 4.98 Å². The first-order chi connectivity index (χ1) is 9.53. The topological polar surface area (TPSA) is 42.4 Å². The van der Waals surface area contributed by atoms with Gasteiger partial charge in [-0.25, -0.2) is 9.82 Å². The summed E-state index contributed by atoms with van der Waals surface area (Å²) in [4.78, 5) is 21.6. The van der Waals surface area contributed by atoms with Crippen LogP contribution >= 0.6 is 46.1 Å². The number of rotatable bonds is 5. The zero-order valence-corrected chi connectivity index (χ0v) is 13.1. The van der Waals surface area contributed by atoms with Crippen LogP contribution in [0.2, 0.25) is 0 Å². The average Bonchev–Trinajstić information content (AvgIpc) is 2.99. The van der Waals surface area contributed by atoms with E-state index in [0.717, 1.165) is 5.06 Å². The third-order valence-electron chi connectivity index (χ3n) is 2.21. The van der Waals surface area contributed by atoms with E-state index >= 15 is 0 Å². The van der Waals surface area contributed by atoms with Gasteiger partial charge >= 0.3 is 5.91 Å². The molecule has 8 heteroatoms. The minimum absolute atomic E-state index is 0.205. The van der Waals surface area contributed by atoms with E-state index in [0.29, 0.717) is 5.69 Å². The van der Waals surface area contributed by atoms with E-state index in [1.54, 1.807) is 35.2 Å². The van der Waals surface area contributed by atoms with Gasteiger partial charge in [-0.3, -0.25) is 4.79 Å². The second-order valence-corrected chi connectivity index (χ2v) is 6.07. The molecule has 0 N–H and O–H groups in total. The molecule has 0 saturated carbocycles. The average molecular weight is 352 g/mol. The molecule has 20 heavy (non-hydrogen) atoms. The molecule has 0 spiro atoms. The Kier molecular flexibility index (Phi) is 5.23. The predicted octanol–water partition coefficient (Wildman–Crippen LogP) is 4.09. The Labute approximate surface area is 134 Å². The maximum Gasteiger partial charge on any atom is 0.301 e. The van der Waals surface area contributed by atoms with Crippen LogP contribution < -0.4 is 5.06 Å². The van der Waals surface area contributed by atoms with Crippen molar-refractivity contribution in [1.29, 1.82) is 0 Å². The smallest absolute Gasteiger partial charge is 0.264 e. The number of carbonyl (C=O) groups excluding carboxylic acids is 1. The van der Waals surface area contributed by atoms with Gasteiger partial charge in [0, 0.05) is 5.38 Å². The van der Waals surface area contributed by atoms with Crippen LogP contribution in [0.4, 0.5) is 5.69 Å². The van der Waals surface area contributed by atoms with Crippen molar-refractivity contribution in [2.45, 2.75) is 4.52 Å². The van der Waals surface area contributed by atoms with Crippen molar-refractivity contribution in [2.75, 3.05) is 10.9 Å². The number of carbonyl (C=O) groups is 1. The largest absolute Gasteiger partial charge is 0.301 e. The van der Waals surface area contributed by atoms with Gasteiger partial charge in [-0.15, -0.1) is 22.9 Å². The van der Waals surface area contributed by atoms with Gasteiger partial charge in [0.25, 0.3) is 4.52 Å². The molecule has 1 heterocycles. The fourth-order valence-electron chi connectivity index (χ4n) is 1.35. The SMILES string of the molecule is O=C(c1cscn1)N(OC(Cl)(Cl)CCl)c1ccccc1. The monoisotopic (exact) mass is 350 g/mol. The molecule has 0 saturated heterocycles. The lowest BCUT2D eigenvalue weighted by Crippen LogP contribution is -2.38. The third kappa shape index (κ3) is 3.84. The molecule has 0 aliphatic rings. The number of hydrogen-bond acceptors (Lipinski definition) is 4. The first kappa shape index (κ1) is 15.5. The summed E-state index contributed by atoms with van der Waals surface area (Å²) in [5.41, 5.74) is 2.26. The van der Waals surface area contributed by atoms with E-state index in [9.17, 15) is 4.79 Å². The van der Waals surface area contributed by atoms with Crippen LogP contribution in [0.3, 0.4) is 0 Å². The fourth-order valence-corrected chi connectivity index (χ4v) is 2.07. The summed E-state index contributed by atoms with van der Waals surface area (Å²) in [5.74, 6) is -0.683. The molecule has 1 amide bonds. The minimum atomic E-state index is -1.72. The molecule has 106 valence electrons. The van der Waals surface area contributed by atoms with Crippen molar-refractivity contribution in [2.24, 2.45) is 0 Å². The zero-order chi connectivity index (χ0) is 14.6. The van der Waals surface area contributed by atoms with Gasteiger partial charge in [0.15, 0.2) is 0 Å². The zero-order valence-electron chi connectivity index (χ0n) is 10.0. The van der Waals surface area contributed by atoms with E-state index in [1.807, 2.05) is 6.07 Å². The van der Waals surface area contributed by atoms with E-state index in [4.69, 9.17) is 39.6 Å². The number of thiazole rings is 1. The van der Waals surface area contributed by atoms with Gasteiger partial charge in [-0.2, -0.15) is 5.06 Å². The fraction of sp³-hybridized carbons (Fsp3) is 0.167. The van der Waals surface area contributed by atoms with Crippen molar-refractivity contribution in [3.63, 3.8) is 0 Å². The molecule has 0 aliphatic carbocycles. The highest BCUT2D eigenvalue weighted by molar-refractivity contribution is 7.07. The number of amides is 1. The predicted molar refractivity (Wildman–Crippen MR) is 81.6 cm³/mol. The minimum Gasteiger partial charge on any atom is -0.264 e. The normalized spacial score (nSPS) is 11.3. The van der Waals surface area contributed by atoms with Gasteiger partial charge in [0.1, 0.15) is 5.69 Å². The standard InChI is InChI=1S/C12H9Cl3N2O2S/c13-7-12(14,15)19-17(9-4-2-1-3-5-9)11(18)10-6-20-8-16-10/h1-6,8H,7H2. The highest BCUT2D eigenvalue weighted by Crippen LogP contribution is 2.29. The number of hydroxylamine groups is 1. The lowest BCUT2D eigenvalue weighted by atomic mass is 10.3. The summed E-state index contributed by atoms with van der Waals surface area (Å²) in [5, 5.41) is 2.59. The van der Waals surface area contributed by atoms with Crippen LogP contribution in [-0.4, -0.2) is 21.3 Å². The maximum absolute atomic E-state index is 12.4. The highest BCUT2D eigenvalue weighted by atomic mass is 35.5. The van der Waals surface area contributed by atoms with Gasteiger partial charge in [0.2, 0.25) is 0 Å². The van der Waals surface area contributed by atoms with Gasteiger partial charge in [-0.05, 0) is 12.1 Å². The molecule has 1 aromatic heterocycles. The van der Waals surface area contributed by atoms with E-state index < -0.39 is 10.4 Å². The second kappa shape index (κ2) is 6.74. The molecule has 0 aliphatic heterocycles. The summed E-state index contributed by atoms with van der Waals surface area (Å²) in [6.45, 7) is 0. The van der Waals surface area contributed by atoms with Crippen molar-refractivity contribution in [3.8, 4) is 0 Å². The number of hydrogen-bond donors (Lipinski definition) is 0. The maximum atomic E-state index is 12.4. The van der Waals surface area contributed by atoms with Gasteiger partial charge in [0.05, 0.1) is 17.1 Å². The molecule has 0 atom stereocenters. The lowest BCUT2D eigenvalue weighted by Gasteiger charge is -2.27. The molecular weight excluding hydrogens is 343 g/mol. The van der Waals surface area contributed by atoms with Crippen LogP contribution in [0.5, 0.6) is 0 Å². The van der Waals surface area contributed by atoms with Crippen LogP contribution in [0.1, 0.15) is 10.5 Å². The van der Waals surface area contributed by atoms with E-state index in [-0.39, 0.29) is 11.6 Å². The number of aromatic nitrogens is 1. The molecule has 0 unspecified atom stereocenters. The van der Waals surface area contributed by atoms with Crippen molar-refractivity contribution < 1.29 is 9.63 Å². The Balaban J connectivity index is 2.32. The Morgan fingerprint density at radius 2 is 2.05 bits per heavy atom. The molecule has 4 nitrogen and oxygen atoms in total. The van der Waals surface area contributed by atoms with Crippen LogP contribution in [0.25, 0.3) is 0 Å². The van der Waals surface area contributed by atoms with Gasteiger partial charge < -0.3 is 0 Å². The van der Waals surface area contributed by atoms with E-state index in [2.05, 4.69) is 4.98 Å². The van der Waals surface area contributed by atoms with Crippen LogP contribution in [0.15, 0.2) is 41.2 Å². The first-order valence-electron chi connectivity index (χ1n) is 5.44. The van der Waals surface area contributed by atoms with Crippen LogP contribution in [-0.2, 0) is 4.84 Å². The third-order valence-corrected chi connectivity index (χ3v) is 3.85. The van der Waals surface area contributed by atoms with Gasteiger partial charge in [-0.1, -0.05) is 41.4 Å². The number of halogens is 3. The Morgan fingerprint density at radius 3 is 2.60 bits per heavy atom. The summed E-state index contributed by atoms with van der Waals surface area (Å²) >= 11 is 18.7. The number of nitrogens with zero attached hydrogens (tertiary/aromatic N) is 2. The molecule has 0 bridgehead atoms. The quantitative estimate of drug-likeness (QED) is 0.602. The number of benzene rings is 1. The summed E-state index contributed by atoms with van der Waals surface area (Å²) in [6, 6.07) is 8.69. The van der Waals surface area contributed by atoms with E-state index in [1.165, 1.54) is 11.3 Å². The molecular formula is C12H9Cl3N2O2S. The molecule has 1 aromatic carbocycles. The second-order valence-electron chi connectivity index (χ2n) is 3.67. The number of para-hydroxylation sites is 1. The first-order valence-corrected chi connectivity index (χ1v) is 7.67. The number of alkyl halides is 3. The molecule has 2 aromatic rings. The lowest BCUT2D eigenvalue weighted by molar-refractivity contribution is 0.0484. The summed E-state index contributed by atoms with van der Waals surface area (Å²) < 4.78 is -1.72. The Hall–Kier alpha value is -0.850.